The van der Waals surface area contributed by atoms with Gasteiger partial charge in [0.05, 0.1) is 11.7 Å². The Morgan fingerprint density at radius 3 is 2.69 bits per heavy atom. The van der Waals surface area contributed by atoms with Crippen molar-refractivity contribution < 1.29 is 0 Å². The van der Waals surface area contributed by atoms with Crippen molar-refractivity contribution in [3.05, 3.63) is 62.5 Å². The molecule has 2 aliphatic carbocycles. The number of aryl methyl sites for hydroxylation is 1. The summed E-state index contributed by atoms with van der Waals surface area (Å²) in [5, 5.41) is 4.61. The van der Waals surface area contributed by atoms with Crippen LogP contribution >= 0.6 is 11.3 Å². The average Bonchev–Trinajstić information content (AvgIpc) is 3.28. The molecule has 0 saturated carbocycles. The fraction of sp³-hybridized carbons (Fsp3) is 0.500. The van der Waals surface area contributed by atoms with E-state index in [1.807, 2.05) is 4.57 Å². The van der Waals surface area contributed by atoms with Gasteiger partial charge in [-0.15, -0.1) is 11.3 Å². The van der Waals surface area contributed by atoms with Crippen LogP contribution in [-0.4, -0.2) is 22.1 Å². The Hall–Kier alpha value is -1.98. The first-order valence-corrected chi connectivity index (χ1v) is 11.7. The molecule has 1 atom stereocenters. The van der Waals surface area contributed by atoms with E-state index in [0.29, 0.717) is 6.04 Å². The van der Waals surface area contributed by atoms with Crippen LogP contribution in [0, 0.1) is 5.92 Å². The van der Waals surface area contributed by atoms with Crippen molar-refractivity contribution >= 4 is 21.6 Å². The zero-order chi connectivity index (χ0) is 20.0. The number of thiophene rings is 1. The minimum atomic E-state index is 0.163. The fourth-order valence-corrected chi connectivity index (χ4v) is 6.18. The Balaban J connectivity index is 1.41. The number of nitrogens with zero attached hydrogens (tertiary/aromatic N) is 2. The van der Waals surface area contributed by atoms with Crippen molar-refractivity contribution in [1.29, 1.82) is 0 Å². The van der Waals surface area contributed by atoms with E-state index in [1.165, 1.54) is 28.0 Å². The molecular weight excluding hydrogens is 378 g/mol. The molecule has 0 saturated heterocycles. The molecule has 152 valence electrons. The second-order valence-corrected chi connectivity index (χ2v) is 10.1. The highest BCUT2D eigenvalue weighted by molar-refractivity contribution is 7.18. The predicted octanol–water partition coefficient (Wildman–Crippen LogP) is 4.29. The molecule has 2 aromatic heterocycles. The zero-order valence-corrected chi connectivity index (χ0v) is 18.1. The Kier molecular flexibility index (Phi) is 5.04. The molecule has 0 bridgehead atoms. The normalized spacial score (nSPS) is 19.1. The van der Waals surface area contributed by atoms with Gasteiger partial charge in [0.25, 0.3) is 5.56 Å². The van der Waals surface area contributed by atoms with Gasteiger partial charge in [0.1, 0.15) is 4.83 Å². The van der Waals surface area contributed by atoms with Crippen molar-refractivity contribution in [2.75, 3.05) is 6.54 Å². The summed E-state index contributed by atoms with van der Waals surface area (Å²) in [6.07, 6.45) is 7.99. The highest BCUT2D eigenvalue weighted by atomic mass is 32.1. The number of rotatable bonds is 5. The maximum absolute atomic E-state index is 13.4. The molecule has 0 spiro atoms. The van der Waals surface area contributed by atoms with Crippen LogP contribution in [-0.2, 0) is 25.7 Å². The quantitative estimate of drug-likeness (QED) is 0.686. The number of aromatic nitrogens is 2. The molecule has 2 heterocycles. The largest absolute Gasteiger partial charge is 0.314 e. The smallest absolute Gasteiger partial charge is 0.262 e. The molecule has 29 heavy (non-hydrogen) atoms. The molecule has 3 aromatic rings. The van der Waals surface area contributed by atoms with E-state index in [-0.39, 0.29) is 11.6 Å². The van der Waals surface area contributed by atoms with Gasteiger partial charge in [-0.3, -0.25) is 9.36 Å². The molecule has 1 aromatic carbocycles. The lowest BCUT2D eigenvalue weighted by Crippen LogP contribution is -2.35. The van der Waals surface area contributed by atoms with Crippen molar-refractivity contribution in [2.45, 2.75) is 64.5 Å². The molecule has 0 fully saturated rings. The monoisotopic (exact) mass is 407 g/mol. The Morgan fingerprint density at radius 2 is 1.97 bits per heavy atom. The summed E-state index contributed by atoms with van der Waals surface area (Å²) in [4.78, 5) is 20.5. The summed E-state index contributed by atoms with van der Waals surface area (Å²) < 4.78 is 1.91. The number of benzene rings is 1. The zero-order valence-electron chi connectivity index (χ0n) is 17.3. The number of hydrogen-bond acceptors (Lipinski definition) is 4. The number of fused-ring (bicyclic) bond motifs is 4. The molecule has 0 amide bonds. The second kappa shape index (κ2) is 7.69. The van der Waals surface area contributed by atoms with Gasteiger partial charge in [0, 0.05) is 17.0 Å². The molecule has 5 rings (SSSR count). The third-order valence-electron chi connectivity index (χ3n) is 6.57. The van der Waals surface area contributed by atoms with Gasteiger partial charge in [-0.25, -0.2) is 4.98 Å². The van der Waals surface area contributed by atoms with E-state index >= 15 is 0 Å². The standard InChI is InChI=1S/C24H29N3OS/c1-15(2)9-10-25-18-7-8-20-21(13-18)29-23-22(20)24(28)27(14-26-23)19-11-16-5-3-4-6-17(16)12-19/h3-6,14-15,18-19,25H,7-13H2,1-2H3/t18-/m1/s1. The van der Waals surface area contributed by atoms with Gasteiger partial charge in [-0.1, -0.05) is 38.1 Å². The summed E-state index contributed by atoms with van der Waals surface area (Å²) in [5.41, 5.74) is 4.17. The van der Waals surface area contributed by atoms with E-state index in [0.717, 1.165) is 54.8 Å². The van der Waals surface area contributed by atoms with Crippen LogP contribution in [0.2, 0.25) is 0 Å². The summed E-state index contributed by atoms with van der Waals surface area (Å²) in [6, 6.07) is 9.27. The third kappa shape index (κ3) is 3.55. The highest BCUT2D eigenvalue weighted by Gasteiger charge is 2.28. The highest BCUT2D eigenvalue weighted by Crippen LogP contribution is 2.35. The van der Waals surface area contributed by atoms with Crippen LogP contribution in [0.25, 0.3) is 10.2 Å². The summed E-state index contributed by atoms with van der Waals surface area (Å²) >= 11 is 1.73. The van der Waals surface area contributed by atoms with Crippen molar-refractivity contribution in [2.24, 2.45) is 5.92 Å². The van der Waals surface area contributed by atoms with Gasteiger partial charge >= 0.3 is 0 Å². The van der Waals surface area contributed by atoms with E-state index in [2.05, 4.69) is 43.4 Å². The van der Waals surface area contributed by atoms with Gasteiger partial charge in [0.2, 0.25) is 0 Å². The molecular formula is C24H29N3OS. The Bertz CT molecular complexity index is 1070. The SMILES string of the molecule is CC(C)CCN[C@@H]1CCc2c(sc3ncn(C4Cc5ccccc5C4)c(=O)c23)C1. The van der Waals surface area contributed by atoms with Crippen LogP contribution in [0.1, 0.15) is 54.3 Å². The first-order valence-electron chi connectivity index (χ1n) is 10.9. The van der Waals surface area contributed by atoms with Gasteiger partial charge in [-0.2, -0.15) is 0 Å². The van der Waals surface area contributed by atoms with Gasteiger partial charge in [-0.05, 0) is 67.7 Å². The molecule has 4 nitrogen and oxygen atoms in total. The number of nitrogens with one attached hydrogen (secondary N) is 1. The van der Waals surface area contributed by atoms with Gasteiger partial charge in [0.15, 0.2) is 0 Å². The summed E-state index contributed by atoms with van der Waals surface area (Å²) in [5.74, 6) is 0.732. The van der Waals surface area contributed by atoms with E-state index in [4.69, 9.17) is 4.98 Å². The summed E-state index contributed by atoms with van der Waals surface area (Å²) in [7, 11) is 0. The Morgan fingerprint density at radius 1 is 1.21 bits per heavy atom. The van der Waals surface area contributed by atoms with E-state index in [9.17, 15) is 4.79 Å². The average molecular weight is 408 g/mol. The second-order valence-electron chi connectivity index (χ2n) is 9.05. The van der Waals surface area contributed by atoms with Crippen molar-refractivity contribution in [3.8, 4) is 0 Å². The lowest BCUT2D eigenvalue weighted by Gasteiger charge is -2.24. The van der Waals surface area contributed by atoms with E-state index in [1.54, 1.807) is 17.7 Å². The maximum Gasteiger partial charge on any atom is 0.262 e. The first kappa shape index (κ1) is 19.0. The van der Waals surface area contributed by atoms with Crippen LogP contribution < -0.4 is 10.9 Å². The lowest BCUT2D eigenvalue weighted by atomic mass is 9.93. The fourth-order valence-electron chi connectivity index (χ4n) is 4.92. The van der Waals surface area contributed by atoms with Crippen molar-refractivity contribution in [1.82, 2.24) is 14.9 Å². The minimum Gasteiger partial charge on any atom is -0.314 e. The number of hydrogen-bond donors (Lipinski definition) is 1. The molecule has 0 radical (unpaired) electrons. The molecule has 5 heteroatoms. The van der Waals surface area contributed by atoms with Crippen LogP contribution in [0.4, 0.5) is 0 Å². The molecule has 1 N–H and O–H groups in total. The van der Waals surface area contributed by atoms with Crippen LogP contribution in [0.5, 0.6) is 0 Å². The molecule has 2 aliphatic rings. The lowest BCUT2D eigenvalue weighted by molar-refractivity contribution is 0.435. The predicted molar refractivity (Wildman–Crippen MR) is 120 cm³/mol. The van der Waals surface area contributed by atoms with Crippen LogP contribution in [0.3, 0.4) is 0 Å². The van der Waals surface area contributed by atoms with E-state index < -0.39 is 0 Å². The van der Waals surface area contributed by atoms with Crippen molar-refractivity contribution in [3.63, 3.8) is 0 Å². The Labute approximate surface area is 176 Å². The topological polar surface area (TPSA) is 46.9 Å². The molecule has 0 unspecified atom stereocenters. The maximum atomic E-state index is 13.4. The molecule has 0 aliphatic heterocycles. The first-order chi connectivity index (χ1) is 14.1. The summed E-state index contributed by atoms with van der Waals surface area (Å²) in [6.45, 7) is 5.62. The third-order valence-corrected chi connectivity index (χ3v) is 7.73. The minimum absolute atomic E-state index is 0.163. The van der Waals surface area contributed by atoms with Crippen LogP contribution in [0.15, 0.2) is 35.4 Å². The van der Waals surface area contributed by atoms with Gasteiger partial charge < -0.3 is 5.32 Å².